The van der Waals surface area contributed by atoms with Gasteiger partial charge in [-0.05, 0) is 36.4 Å². The molecule has 1 aliphatic heterocycles. The molecular formula is C21H23FN6OS. The fourth-order valence-corrected chi connectivity index (χ4v) is 4.28. The fourth-order valence-electron chi connectivity index (χ4n) is 3.44. The van der Waals surface area contributed by atoms with Gasteiger partial charge in [0.05, 0.1) is 0 Å². The Kier molecular flexibility index (Phi) is 6.27. The van der Waals surface area contributed by atoms with Crippen molar-refractivity contribution in [3.63, 3.8) is 0 Å². The largest absolute Gasteiger partial charge is 0.368 e. The summed E-state index contributed by atoms with van der Waals surface area (Å²) in [5, 5.41) is 9.27. The molecule has 0 saturated carbocycles. The Hall–Kier alpha value is -2.94. The van der Waals surface area contributed by atoms with Crippen molar-refractivity contribution in [2.75, 3.05) is 36.8 Å². The summed E-state index contributed by atoms with van der Waals surface area (Å²) in [5.41, 5.74) is 1.90. The zero-order valence-corrected chi connectivity index (χ0v) is 17.6. The highest BCUT2D eigenvalue weighted by Crippen LogP contribution is 2.23. The Labute approximate surface area is 178 Å². The van der Waals surface area contributed by atoms with Crippen molar-refractivity contribution < 1.29 is 9.18 Å². The number of anilines is 1. The number of halogens is 1. The molecule has 0 aliphatic carbocycles. The van der Waals surface area contributed by atoms with Gasteiger partial charge in [-0.15, -0.1) is 10.2 Å². The van der Waals surface area contributed by atoms with Gasteiger partial charge in [0.1, 0.15) is 5.82 Å². The summed E-state index contributed by atoms with van der Waals surface area (Å²) in [6.07, 6.45) is 3.94. The molecule has 0 N–H and O–H groups in total. The first-order valence-corrected chi connectivity index (χ1v) is 10.8. The number of aromatic nitrogens is 4. The summed E-state index contributed by atoms with van der Waals surface area (Å²) >= 11 is 1.53. The summed E-state index contributed by atoms with van der Waals surface area (Å²) in [6, 6.07) is 10.3. The predicted molar refractivity (Wildman–Crippen MR) is 115 cm³/mol. The number of pyridine rings is 1. The van der Waals surface area contributed by atoms with E-state index in [-0.39, 0.29) is 11.7 Å². The SMILES string of the molecule is Cn1c(SCCC(=O)N2CCN(c3ccc(F)cc3)CC2)nnc1-c1cccnc1. The van der Waals surface area contributed by atoms with E-state index in [1.165, 1.54) is 23.9 Å². The number of carbonyl (C=O) groups is 1. The van der Waals surface area contributed by atoms with Gasteiger partial charge in [-0.3, -0.25) is 9.78 Å². The molecule has 1 fully saturated rings. The maximum atomic E-state index is 13.1. The smallest absolute Gasteiger partial charge is 0.223 e. The standard InChI is InChI=1S/C21H23FN6OS/c1-26-20(16-3-2-9-23-15-16)24-25-21(26)30-14-8-19(29)28-12-10-27(11-13-28)18-6-4-17(22)5-7-18/h2-7,9,15H,8,10-14H2,1H3. The van der Waals surface area contributed by atoms with E-state index in [2.05, 4.69) is 20.1 Å². The van der Waals surface area contributed by atoms with Gasteiger partial charge < -0.3 is 14.4 Å². The van der Waals surface area contributed by atoms with Crippen LogP contribution < -0.4 is 4.90 Å². The second kappa shape index (κ2) is 9.25. The monoisotopic (exact) mass is 426 g/mol. The molecule has 0 unspecified atom stereocenters. The highest BCUT2D eigenvalue weighted by atomic mass is 32.2. The first kappa shape index (κ1) is 20.3. The summed E-state index contributed by atoms with van der Waals surface area (Å²) in [5.74, 6) is 1.32. The Bertz CT molecular complexity index is 986. The Morgan fingerprint density at radius 1 is 1.10 bits per heavy atom. The predicted octanol–water partition coefficient (Wildman–Crippen LogP) is 2.85. The van der Waals surface area contributed by atoms with E-state index in [4.69, 9.17) is 0 Å². The summed E-state index contributed by atoms with van der Waals surface area (Å²) in [4.78, 5) is 20.8. The molecule has 156 valence electrons. The van der Waals surface area contributed by atoms with Crippen molar-refractivity contribution in [2.45, 2.75) is 11.6 Å². The first-order chi connectivity index (χ1) is 14.6. The molecule has 0 atom stereocenters. The number of hydrogen-bond acceptors (Lipinski definition) is 6. The number of amides is 1. The average molecular weight is 427 g/mol. The third-order valence-electron chi connectivity index (χ3n) is 5.13. The van der Waals surface area contributed by atoms with Gasteiger partial charge in [-0.25, -0.2) is 4.39 Å². The molecule has 7 nitrogen and oxygen atoms in total. The van der Waals surface area contributed by atoms with Crippen LogP contribution in [0.5, 0.6) is 0 Å². The summed E-state index contributed by atoms with van der Waals surface area (Å²) in [7, 11) is 1.92. The van der Waals surface area contributed by atoms with Crippen LogP contribution in [0.4, 0.5) is 10.1 Å². The van der Waals surface area contributed by atoms with Crippen LogP contribution in [-0.4, -0.2) is 62.5 Å². The number of thioether (sulfide) groups is 1. The molecule has 3 heterocycles. The molecule has 3 aromatic rings. The quantitative estimate of drug-likeness (QED) is 0.565. The molecule has 1 saturated heterocycles. The van der Waals surface area contributed by atoms with Gasteiger partial charge in [-0.2, -0.15) is 0 Å². The van der Waals surface area contributed by atoms with Gasteiger partial charge in [0.2, 0.25) is 5.91 Å². The van der Waals surface area contributed by atoms with Crippen LogP contribution in [0.1, 0.15) is 6.42 Å². The Morgan fingerprint density at radius 2 is 1.87 bits per heavy atom. The van der Waals surface area contributed by atoms with Crippen molar-refractivity contribution in [2.24, 2.45) is 7.05 Å². The Balaban J connectivity index is 1.25. The van der Waals surface area contributed by atoms with E-state index in [1.54, 1.807) is 24.5 Å². The van der Waals surface area contributed by atoms with Crippen molar-refractivity contribution >= 4 is 23.4 Å². The lowest BCUT2D eigenvalue weighted by Crippen LogP contribution is -2.48. The van der Waals surface area contributed by atoms with Gasteiger partial charge in [-0.1, -0.05) is 11.8 Å². The fraction of sp³-hybridized carbons (Fsp3) is 0.333. The molecular weight excluding hydrogens is 403 g/mol. The van der Waals surface area contributed by atoms with Crippen LogP contribution in [0.15, 0.2) is 53.9 Å². The normalized spacial score (nSPS) is 14.2. The number of benzene rings is 1. The molecule has 9 heteroatoms. The van der Waals surface area contributed by atoms with E-state index < -0.39 is 0 Å². The minimum atomic E-state index is -0.236. The minimum absolute atomic E-state index is 0.149. The lowest BCUT2D eigenvalue weighted by Gasteiger charge is -2.36. The summed E-state index contributed by atoms with van der Waals surface area (Å²) in [6.45, 7) is 2.86. The van der Waals surface area contributed by atoms with Crippen LogP contribution in [0.25, 0.3) is 11.4 Å². The molecule has 0 bridgehead atoms. The van der Waals surface area contributed by atoms with Crippen LogP contribution in [-0.2, 0) is 11.8 Å². The van der Waals surface area contributed by atoms with Crippen LogP contribution in [0, 0.1) is 5.82 Å². The molecule has 4 rings (SSSR count). The molecule has 2 aromatic heterocycles. The van der Waals surface area contributed by atoms with Crippen LogP contribution >= 0.6 is 11.8 Å². The third kappa shape index (κ3) is 4.62. The van der Waals surface area contributed by atoms with E-state index in [0.717, 1.165) is 35.3 Å². The van der Waals surface area contributed by atoms with Gasteiger partial charge >= 0.3 is 0 Å². The van der Waals surface area contributed by atoms with Gasteiger partial charge in [0, 0.05) is 69.0 Å². The van der Waals surface area contributed by atoms with E-state index >= 15 is 0 Å². The van der Waals surface area contributed by atoms with Crippen molar-refractivity contribution in [3.05, 3.63) is 54.6 Å². The zero-order chi connectivity index (χ0) is 20.9. The van der Waals surface area contributed by atoms with Crippen molar-refractivity contribution in [1.29, 1.82) is 0 Å². The maximum absolute atomic E-state index is 13.1. The highest BCUT2D eigenvalue weighted by molar-refractivity contribution is 7.99. The molecule has 30 heavy (non-hydrogen) atoms. The summed E-state index contributed by atoms with van der Waals surface area (Å²) < 4.78 is 15.0. The van der Waals surface area contributed by atoms with Gasteiger partial charge in [0.25, 0.3) is 0 Å². The number of rotatable bonds is 6. The van der Waals surface area contributed by atoms with Crippen molar-refractivity contribution in [1.82, 2.24) is 24.6 Å². The first-order valence-electron chi connectivity index (χ1n) is 9.83. The molecule has 1 aromatic carbocycles. The molecule has 0 radical (unpaired) electrons. The maximum Gasteiger partial charge on any atom is 0.223 e. The van der Waals surface area contributed by atoms with Crippen molar-refractivity contribution in [3.8, 4) is 11.4 Å². The number of carbonyl (C=O) groups excluding carboxylic acids is 1. The average Bonchev–Trinajstić information content (AvgIpc) is 3.15. The topological polar surface area (TPSA) is 67.2 Å². The van der Waals surface area contributed by atoms with E-state index in [1.807, 2.05) is 28.6 Å². The van der Waals surface area contributed by atoms with E-state index in [0.29, 0.717) is 25.3 Å². The lowest BCUT2D eigenvalue weighted by atomic mass is 10.2. The van der Waals surface area contributed by atoms with Crippen LogP contribution in [0.2, 0.25) is 0 Å². The minimum Gasteiger partial charge on any atom is -0.368 e. The highest BCUT2D eigenvalue weighted by Gasteiger charge is 2.21. The number of hydrogen-bond donors (Lipinski definition) is 0. The zero-order valence-electron chi connectivity index (χ0n) is 16.7. The Morgan fingerprint density at radius 3 is 2.57 bits per heavy atom. The van der Waals surface area contributed by atoms with Gasteiger partial charge in [0.15, 0.2) is 11.0 Å². The second-order valence-corrected chi connectivity index (χ2v) is 8.11. The molecule has 1 aliphatic rings. The molecule has 0 spiro atoms. The lowest BCUT2D eigenvalue weighted by molar-refractivity contribution is -0.131. The second-order valence-electron chi connectivity index (χ2n) is 7.05. The number of piperazine rings is 1. The molecule has 1 amide bonds. The van der Waals surface area contributed by atoms with E-state index in [9.17, 15) is 9.18 Å². The van der Waals surface area contributed by atoms with Crippen LogP contribution in [0.3, 0.4) is 0 Å². The third-order valence-corrected chi connectivity index (χ3v) is 6.15. The number of nitrogens with zero attached hydrogens (tertiary/aromatic N) is 6.